The monoisotopic (exact) mass is 334 g/mol. The second-order valence-corrected chi connectivity index (χ2v) is 5.70. The molecule has 0 aromatic heterocycles. The summed E-state index contributed by atoms with van der Waals surface area (Å²) in [7, 11) is 0. The van der Waals surface area contributed by atoms with Crippen molar-refractivity contribution in [2.45, 2.75) is 58.3 Å². The number of hydrogen-bond acceptors (Lipinski definition) is 6. The minimum Gasteiger partial charge on any atom is -0.542 e. The van der Waals surface area contributed by atoms with E-state index in [2.05, 4.69) is 4.74 Å². The van der Waals surface area contributed by atoms with Crippen molar-refractivity contribution in [1.82, 2.24) is 0 Å². The van der Waals surface area contributed by atoms with E-state index in [0.29, 0.717) is 0 Å². The molecule has 6 nitrogen and oxygen atoms in total. The molecule has 0 heterocycles. The summed E-state index contributed by atoms with van der Waals surface area (Å²) in [5.41, 5.74) is 0. The molecule has 0 aromatic carbocycles. The van der Waals surface area contributed by atoms with E-state index in [4.69, 9.17) is 0 Å². The zero-order valence-corrected chi connectivity index (χ0v) is 16.0. The number of Topliss-reactive ketones (excluding diaryl/α,β-unsaturated/α-hetero) is 2. The van der Waals surface area contributed by atoms with Gasteiger partial charge < -0.3 is 14.6 Å². The molecule has 124 valence electrons. The van der Waals surface area contributed by atoms with Gasteiger partial charge in [-0.1, -0.05) is 25.7 Å². The van der Waals surface area contributed by atoms with E-state index in [9.17, 15) is 24.3 Å². The Morgan fingerprint density at radius 1 is 0.870 bits per heavy atom. The predicted molar refractivity (Wildman–Crippen MR) is 75.6 cm³/mol. The van der Waals surface area contributed by atoms with Crippen LogP contribution in [-0.2, 0) is 23.9 Å². The van der Waals surface area contributed by atoms with Crippen molar-refractivity contribution >= 4 is 23.5 Å². The Kier molecular flexibility index (Phi) is 11.4. The third-order valence-electron chi connectivity index (χ3n) is 4.13. The molecule has 0 aliphatic heterocycles. The van der Waals surface area contributed by atoms with E-state index in [0.717, 1.165) is 51.4 Å². The Morgan fingerprint density at radius 3 is 1.61 bits per heavy atom. The molecule has 2 fully saturated rings. The zero-order valence-electron chi connectivity index (χ0n) is 14.0. The number of carbonyl (C=O) groups excluding carboxylic acids is 4. The molecule has 0 unspecified atom stereocenters. The first kappa shape index (κ1) is 22.3. The fourth-order valence-electron chi connectivity index (χ4n) is 2.91. The second-order valence-electron chi connectivity index (χ2n) is 5.70. The van der Waals surface area contributed by atoms with Gasteiger partial charge >= 0.3 is 35.5 Å². The van der Waals surface area contributed by atoms with E-state index in [-0.39, 0.29) is 53.8 Å². The molecule has 2 rings (SSSR count). The first-order valence-corrected chi connectivity index (χ1v) is 7.93. The summed E-state index contributed by atoms with van der Waals surface area (Å²) in [6.07, 6.45) is 7.26. The number of ketones is 2. The van der Waals surface area contributed by atoms with Crippen LogP contribution in [0.3, 0.4) is 0 Å². The SMILES string of the molecule is CCOC(=O)C(=O)C1CCCC1.O=C([O-])C(=O)C1CCCC1.[Na+]. The molecule has 7 heteroatoms. The smallest absolute Gasteiger partial charge is 0.542 e. The minimum absolute atomic E-state index is 0. The van der Waals surface area contributed by atoms with Gasteiger partial charge in [0.1, 0.15) is 5.97 Å². The molecule has 2 aliphatic rings. The molecule has 0 bridgehead atoms. The molecule has 0 radical (unpaired) electrons. The standard InChI is InChI=1S/C9H14O3.C7H10O3.Na/c1-2-12-9(11)8(10)7-5-3-4-6-7;8-6(7(9)10)5-3-1-2-4-5;/h7H,2-6H2,1H3;5H,1-4H2,(H,9,10);/q;;+1/p-1. The molecular weight excluding hydrogens is 311 g/mol. The van der Waals surface area contributed by atoms with Crippen LogP contribution in [0.15, 0.2) is 0 Å². The van der Waals surface area contributed by atoms with E-state index in [1.54, 1.807) is 6.92 Å². The van der Waals surface area contributed by atoms with Gasteiger partial charge in [0.05, 0.1) is 6.61 Å². The van der Waals surface area contributed by atoms with Crippen LogP contribution in [0.25, 0.3) is 0 Å². The molecule has 0 amide bonds. The minimum atomic E-state index is -1.52. The number of hydrogen-bond donors (Lipinski definition) is 0. The summed E-state index contributed by atoms with van der Waals surface area (Å²) in [6, 6.07) is 0. The van der Waals surface area contributed by atoms with Gasteiger partial charge in [0.15, 0.2) is 5.78 Å². The molecule has 23 heavy (non-hydrogen) atoms. The predicted octanol–water partition coefficient (Wildman–Crippen LogP) is -2.19. The molecule has 0 atom stereocenters. The maximum absolute atomic E-state index is 11.3. The summed E-state index contributed by atoms with van der Waals surface area (Å²) in [6.45, 7) is 2.00. The van der Waals surface area contributed by atoms with Crippen LogP contribution in [-0.4, -0.2) is 30.1 Å². The van der Waals surface area contributed by atoms with Gasteiger partial charge in [-0.3, -0.25) is 9.59 Å². The van der Waals surface area contributed by atoms with E-state index < -0.39 is 17.7 Å². The quantitative estimate of drug-likeness (QED) is 0.322. The molecule has 0 N–H and O–H groups in total. The number of esters is 1. The Labute approximate surface area is 158 Å². The summed E-state index contributed by atoms with van der Waals surface area (Å²) in [4.78, 5) is 42.9. The number of aliphatic carboxylic acids is 1. The molecule has 2 aliphatic carbocycles. The van der Waals surface area contributed by atoms with Gasteiger partial charge in [-0.2, -0.15) is 0 Å². The van der Waals surface area contributed by atoms with Crippen molar-refractivity contribution in [3.63, 3.8) is 0 Å². The van der Waals surface area contributed by atoms with Crippen molar-refractivity contribution in [3.05, 3.63) is 0 Å². The van der Waals surface area contributed by atoms with Crippen LogP contribution in [0.1, 0.15) is 58.3 Å². The van der Waals surface area contributed by atoms with Gasteiger partial charge in [-0.05, 0) is 32.6 Å². The van der Waals surface area contributed by atoms with E-state index in [1.165, 1.54) is 0 Å². The maximum Gasteiger partial charge on any atom is 1.00 e. The van der Waals surface area contributed by atoms with Gasteiger partial charge in [-0.15, -0.1) is 0 Å². The summed E-state index contributed by atoms with van der Waals surface area (Å²) in [5.74, 6) is -3.50. The molecular formula is C16H23NaO6. The van der Waals surface area contributed by atoms with Gasteiger partial charge in [0, 0.05) is 11.8 Å². The van der Waals surface area contributed by atoms with Crippen LogP contribution in [0.5, 0.6) is 0 Å². The summed E-state index contributed by atoms with van der Waals surface area (Å²) in [5, 5.41) is 10.0. The first-order chi connectivity index (χ1) is 10.5. The topological polar surface area (TPSA) is 101 Å². The Bertz CT molecular complexity index is 422. The fourth-order valence-corrected chi connectivity index (χ4v) is 2.91. The largest absolute Gasteiger partial charge is 1.00 e. The normalized spacial score (nSPS) is 17.6. The molecule has 0 saturated heterocycles. The van der Waals surface area contributed by atoms with Crippen LogP contribution in [0.2, 0.25) is 0 Å². The second kappa shape index (κ2) is 11.8. The molecule has 0 spiro atoms. The van der Waals surface area contributed by atoms with Crippen LogP contribution >= 0.6 is 0 Å². The Morgan fingerprint density at radius 2 is 1.26 bits per heavy atom. The van der Waals surface area contributed by atoms with Crippen LogP contribution in [0.4, 0.5) is 0 Å². The van der Waals surface area contributed by atoms with Crippen LogP contribution in [0, 0.1) is 11.8 Å². The Hall–Kier alpha value is -0.720. The van der Waals surface area contributed by atoms with Crippen molar-refractivity contribution in [1.29, 1.82) is 0 Å². The average Bonchev–Trinajstić information content (AvgIpc) is 3.19. The van der Waals surface area contributed by atoms with Gasteiger partial charge in [-0.25, -0.2) is 4.79 Å². The molecule has 0 aromatic rings. The van der Waals surface area contributed by atoms with E-state index in [1.807, 2.05) is 0 Å². The van der Waals surface area contributed by atoms with Crippen molar-refractivity contribution in [2.24, 2.45) is 11.8 Å². The summed E-state index contributed by atoms with van der Waals surface area (Å²) >= 11 is 0. The van der Waals surface area contributed by atoms with Crippen molar-refractivity contribution in [2.75, 3.05) is 6.61 Å². The third-order valence-corrected chi connectivity index (χ3v) is 4.13. The van der Waals surface area contributed by atoms with Crippen LogP contribution < -0.4 is 34.7 Å². The summed E-state index contributed by atoms with van der Waals surface area (Å²) < 4.78 is 4.63. The van der Waals surface area contributed by atoms with E-state index >= 15 is 0 Å². The Balaban J connectivity index is 0.000000409. The fraction of sp³-hybridized carbons (Fsp3) is 0.750. The molecule has 2 saturated carbocycles. The van der Waals surface area contributed by atoms with Crippen molar-refractivity contribution in [3.8, 4) is 0 Å². The third kappa shape index (κ3) is 7.59. The first-order valence-electron chi connectivity index (χ1n) is 7.93. The number of rotatable bonds is 5. The van der Waals surface area contributed by atoms with Gasteiger partial charge in [0.2, 0.25) is 5.78 Å². The number of carbonyl (C=O) groups is 4. The van der Waals surface area contributed by atoms with Crippen molar-refractivity contribution < 1.29 is 58.6 Å². The average molecular weight is 334 g/mol. The number of carboxylic acids is 1. The van der Waals surface area contributed by atoms with Gasteiger partial charge in [0.25, 0.3) is 0 Å². The maximum atomic E-state index is 11.3. The number of carboxylic acid groups (broad SMARTS) is 1. The number of ether oxygens (including phenoxy) is 1. The zero-order chi connectivity index (χ0) is 16.5.